The summed E-state index contributed by atoms with van der Waals surface area (Å²) in [5.41, 5.74) is 7.09. The van der Waals surface area contributed by atoms with E-state index in [4.69, 9.17) is 5.73 Å². The molecule has 3 heterocycles. The minimum absolute atomic E-state index is 0.0152. The first-order valence-corrected chi connectivity index (χ1v) is 8.24. The van der Waals surface area contributed by atoms with Crippen molar-refractivity contribution >= 4 is 21.6 Å². The Morgan fingerprint density at radius 2 is 2.24 bits per heavy atom. The van der Waals surface area contributed by atoms with Crippen molar-refractivity contribution in [2.75, 3.05) is 13.1 Å². The van der Waals surface area contributed by atoms with Crippen molar-refractivity contribution in [2.45, 2.75) is 39.8 Å². The molecule has 3 rings (SSSR count). The lowest BCUT2D eigenvalue weighted by Gasteiger charge is -2.34. The number of hydrogen-bond donors (Lipinski definition) is 2. The third-order valence-corrected chi connectivity index (χ3v) is 5.62. The van der Waals surface area contributed by atoms with Crippen molar-refractivity contribution in [3.05, 3.63) is 26.6 Å². The monoisotopic (exact) mass is 306 g/mol. The number of nitrogens with one attached hydrogen (secondary N) is 1. The van der Waals surface area contributed by atoms with Gasteiger partial charge < -0.3 is 10.7 Å². The normalized spacial score (nSPS) is 23.8. The SMILES string of the molecule is Cc1sc2nc(CN3CCC(N)C(C)C3)[nH]c(=O)c2c1C. The van der Waals surface area contributed by atoms with Crippen molar-refractivity contribution in [2.24, 2.45) is 11.7 Å². The van der Waals surface area contributed by atoms with E-state index in [2.05, 4.69) is 21.8 Å². The lowest BCUT2D eigenvalue weighted by molar-refractivity contribution is 0.154. The molecule has 114 valence electrons. The topological polar surface area (TPSA) is 75.0 Å². The van der Waals surface area contributed by atoms with Crippen LogP contribution in [0.3, 0.4) is 0 Å². The van der Waals surface area contributed by atoms with Crippen molar-refractivity contribution in [3.63, 3.8) is 0 Å². The number of hydrogen-bond acceptors (Lipinski definition) is 5. The van der Waals surface area contributed by atoms with Crippen molar-refractivity contribution in [1.29, 1.82) is 0 Å². The second kappa shape index (κ2) is 5.51. The molecule has 1 aliphatic rings. The average molecular weight is 306 g/mol. The summed E-state index contributed by atoms with van der Waals surface area (Å²) in [7, 11) is 0. The van der Waals surface area contributed by atoms with E-state index in [1.165, 1.54) is 0 Å². The number of piperidine rings is 1. The summed E-state index contributed by atoms with van der Waals surface area (Å²) in [6.07, 6.45) is 1.00. The number of thiophene rings is 1. The Morgan fingerprint density at radius 3 is 2.95 bits per heavy atom. The predicted molar refractivity (Wildman–Crippen MR) is 86.7 cm³/mol. The lowest BCUT2D eigenvalue weighted by Crippen LogP contribution is -2.45. The van der Waals surface area contributed by atoms with E-state index < -0.39 is 0 Å². The Balaban J connectivity index is 1.87. The number of aryl methyl sites for hydroxylation is 2. The predicted octanol–water partition coefficient (Wildman–Crippen LogP) is 1.77. The van der Waals surface area contributed by atoms with Crippen molar-refractivity contribution in [1.82, 2.24) is 14.9 Å². The molecule has 2 aromatic rings. The molecule has 0 saturated carbocycles. The van der Waals surface area contributed by atoms with E-state index in [-0.39, 0.29) is 5.56 Å². The number of fused-ring (bicyclic) bond motifs is 1. The molecule has 0 aromatic carbocycles. The minimum Gasteiger partial charge on any atom is -0.327 e. The van der Waals surface area contributed by atoms with Crippen LogP contribution in [0.5, 0.6) is 0 Å². The Morgan fingerprint density at radius 1 is 1.48 bits per heavy atom. The van der Waals surface area contributed by atoms with Gasteiger partial charge in [0.1, 0.15) is 10.7 Å². The Labute approximate surface area is 128 Å². The van der Waals surface area contributed by atoms with Crippen LogP contribution in [-0.4, -0.2) is 34.0 Å². The van der Waals surface area contributed by atoms with Gasteiger partial charge in [-0.3, -0.25) is 9.69 Å². The largest absolute Gasteiger partial charge is 0.327 e. The molecule has 1 saturated heterocycles. The van der Waals surface area contributed by atoms with Crippen LogP contribution in [-0.2, 0) is 6.54 Å². The first-order chi connectivity index (χ1) is 9.95. The molecule has 2 aromatic heterocycles. The summed E-state index contributed by atoms with van der Waals surface area (Å²) in [5, 5.41) is 0.746. The molecule has 1 fully saturated rings. The second-order valence-corrected chi connectivity index (χ2v) is 7.34. The molecule has 0 spiro atoms. The second-order valence-electron chi connectivity index (χ2n) is 6.14. The van der Waals surface area contributed by atoms with Crippen LogP contribution in [0.2, 0.25) is 0 Å². The summed E-state index contributed by atoms with van der Waals surface area (Å²) in [6, 6.07) is 0.290. The molecule has 0 radical (unpaired) electrons. The first-order valence-electron chi connectivity index (χ1n) is 7.42. The molecule has 0 aliphatic carbocycles. The van der Waals surface area contributed by atoms with Crippen LogP contribution in [0, 0.1) is 19.8 Å². The molecule has 0 amide bonds. The Hall–Kier alpha value is -1.24. The summed E-state index contributed by atoms with van der Waals surface area (Å²) in [5.74, 6) is 1.25. The fourth-order valence-electron chi connectivity index (χ4n) is 2.98. The third kappa shape index (κ3) is 2.75. The summed E-state index contributed by atoms with van der Waals surface area (Å²) in [4.78, 5) is 24.2. The van der Waals surface area contributed by atoms with Crippen molar-refractivity contribution < 1.29 is 0 Å². The lowest BCUT2D eigenvalue weighted by atomic mass is 9.95. The van der Waals surface area contributed by atoms with Crippen molar-refractivity contribution in [3.8, 4) is 0 Å². The number of rotatable bonds is 2. The molecule has 2 unspecified atom stereocenters. The highest BCUT2D eigenvalue weighted by atomic mass is 32.1. The van der Waals surface area contributed by atoms with Gasteiger partial charge in [0.15, 0.2) is 0 Å². The molecule has 3 N–H and O–H groups in total. The smallest absolute Gasteiger partial charge is 0.259 e. The summed E-state index contributed by atoms with van der Waals surface area (Å²) >= 11 is 1.60. The molecule has 0 bridgehead atoms. The zero-order valence-electron chi connectivity index (χ0n) is 12.8. The fourth-order valence-corrected chi connectivity index (χ4v) is 4.03. The standard InChI is InChI=1S/C15H22N4OS/c1-8-6-19(5-4-11(8)16)7-12-17-14(20)13-9(2)10(3)21-15(13)18-12/h8,11H,4-7,16H2,1-3H3,(H,17,18,20). The van der Waals surface area contributed by atoms with E-state index in [1.807, 2.05) is 13.8 Å². The summed E-state index contributed by atoms with van der Waals surface area (Å²) < 4.78 is 0. The average Bonchev–Trinajstić information content (AvgIpc) is 2.70. The van der Waals surface area contributed by atoms with Gasteiger partial charge >= 0.3 is 0 Å². The van der Waals surface area contributed by atoms with Gasteiger partial charge in [-0.15, -0.1) is 11.3 Å². The highest BCUT2D eigenvalue weighted by Gasteiger charge is 2.23. The Bertz CT molecular complexity index is 720. The quantitative estimate of drug-likeness (QED) is 0.887. The summed E-state index contributed by atoms with van der Waals surface area (Å²) in [6.45, 7) is 8.83. The van der Waals surface area contributed by atoms with Gasteiger partial charge in [-0.1, -0.05) is 6.92 Å². The van der Waals surface area contributed by atoms with E-state index in [9.17, 15) is 4.79 Å². The number of aromatic nitrogens is 2. The fraction of sp³-hybridized carbons (Fsp3) is 0.600. The van der Waals surface area contributed by atoms with Gasteiger partial charge in [0, 0.05) is 24.0 Å². The highest BCUT2D eigenvalue weighted by molar-refractivity contribution is 7.18. The molecule has 5 nitrogen and oxygen atoms in total. The minimum atomic E-state index is -0.0152. The number of likely N-dealkylation sites (tertiary alicyclic amines) is 1. The van der Waals surface area contributed by atoms with Crippen LogP contribution in [0.1, 0.15) is 29.6 Å². The van der Waals surface area contributed by atoms with E-state index in [0.29, 0.717) is 18.5 Å². The maximum Gasteiger partial charge on any atom is 0.259 e. The van der Waals surface area contributed by atoms with Gasteiger partial charge in [-0.25, -0.2) is 4.98 Å². The number of H-pyrrole nitrogens is 1. The van der Waals surface area contributed by atoms with Crippen LogP contribution in [0.4, 0.5) is 0 Å². The third-order valence-electron chi connectivity index (χ3n) is 4.52. The van der Waals surface area contributed by atoms with Crippen LogP contribution >= 0.6 is 11.3 Å². The highest BCUT2D eigenvalue weighted by Crippen LogP contribution is 2.26. The Kier molecular flexibility index (Phi) is 3.86. The number of nitrogens with two attached hydrogens (primary N) is 1. The van der Waals surface area contributed by atoms with Crippen LogP contribution in [0.25, 0.3) is 10.2 Å². The molecule has 6 heteroatoms. The number of aromatic amines is 1. The van der Waals surface area contributed by atoms with Gasteiger partial charge in [0.2, 0.25) is 0 Å². The van der Waals surface area contributed by atoms with Gasteiger partial charge in [0.05, 0.1) is 11.9 Å². The zero-order valence-corrected chi connectivity index (χ0v) is 13.6. The molecular formula is C15H22N4OS. The van der Waals surface area contributed by atoms with Gasteiger partial charge in [0.25, 0.3) is 5.56 Å². The number of nitrogens with zero attached hydrogens (tertiary/aromatic N) is 2. The van der Waals surface area contributed by atoms with Gasteiger partial charge in [-0.2, -0.15) is 0 Å². The molecular weight excluding hydrogens is 284 g/mol. The van der Waals surface area contributed by atoms with Gasteiger partial charge in [-0.05, 0) is 31.7 Å². The zero-order chi connectivity index (χ0) is 15.1. The maximum atomic E-state index is 12.3. The molecule has 2 atom stereocenters. The van der Waals surface area contributed by atoms with E-state index in [1.54, 1.807) is 11.3 Å². The van der Waals surface area contributed by atoms with E-state index in [0.717, 1.165) is 46.0 Å². The molecule has 1 aliphatic heterocycles. The van der Waals surface area contributed by atoms with Crippen LogP contribution < -0.4 is 11.3 Å². The first kappa shape index (κ1) is 14.7. The van der Waals surface area contributed by atoms with Crippen LogP contribution in [0.15, 0.2) is 4.79 Å². The maximum absolute atomic E-state index is 12.3. The molecule has 21 heavy (non-hydrogen) atoms. The van der Waals surface area contributed by atoms with E-state index >= 15 is 0 Å².